The van der Waals surface area contributed by atoms with Gasteiger partial charge in [-0.2, -0.15) is 0 Å². The van der Waals surface area contributed by atoms with Crippen molar-refractivity contribution in [2.24, 2.45) is 0 Å². The fourth-order valence-corrected chi connectivity index (χ4v) is 0.718. The molecular formula is C8H7ClN. The van der Waals surface area contributed by atoms with E-state index < -0.39 is 0 Å². The summed E-state index contributed by atoms with van der Waals surface area (Å²) in [5.74, 6) is 0. The lowest BCUT2D eigenvalue weighted by Crippen LogP contribution is -1.76. The minimum absolute atomic E-state index is 0.654. The minimum Gasteiger partial charge on any atom is -0.255 e. The number of aromatic nitrogens is 1. The van der Waals surface area contributed by atoms with Gasteiger partial charge in [0.2, 0.25) is 0 Å². The summed E-state index contributed by atoms with van der Waals surface area (Å²) in [4.78, 5) is 4.01. The number of halogens is 1. The molecule has 0 bridgehead atoms. The lowest BCUT2D eigenvalue weighted by atomic mass is 10.3. The highest BCUT2D eigenvalue weighted by Crippen LogP contribution is 2.06. The van der Waals surface area contributed by atoms with Crippen molar-refractivity contribution in [2.45, 2.75) is 0 Å². The van der Waals surface area contributed by atoms with Crippen LogP contribution in [0.2, 0.25) is 5.02 Å². The fraction of sp³-hybridized carbons (Fsp3) is 0. The maximum Gasteiger partial charge on any atom is 0.0627 e. The Labute approximate surface area is 65.4 Å². The van der Waals surface area contributed by atoms with E-state index >= 15 is 0 Å². The second-order valence-corrected chi connectivity index (χ2v) is 2.24. The Hall–Kier alpha value is -0.820. The second-order valence-electron chi connectivity index (χ2n) is 1.80. The molecule has 1 rings (SSSR count). The van der Waals surface area contributed by atoms with Gasteiger partial charge in [-0.25, -0.2) is 0 Å². The summed E-state index contributed by atoms with van der Waals surface area (Å²) < 4.78 is 0. The van der Waals surface area contributed by atoms with Gasteiger partial charge in [0, 0.05) is 6.20 Å². The van der Waals surface area contributed by atoms with E-state index in [1.54, 1.807) is 18.3 Å². The first-order valence-corrected chi connectivity index (χ1v) is 3.28. The van der Waals surface area contributed by atoms with Crippen molar-refractivity contribution in [3.63, 3.8) is 0 Å². The zero-order valence-electron chi connectivity index (χ0n) is 5.42. The number of allylic oxidation sites excluding steroid dienone is 1. The Morgan fingerprint density at radius 1 is 1.50 bits per heavy atom. The molecule has 1 heterocycles. The molecule has 2 heteroatoms. The number of rotatable bonds is 1. The van der Waals surface area contributed by atoms with E-state index in [1.165, 1.54) is 0 Å². The van der Waals surface area contributed by atoms with E-state index in [1.807, 2.05) is 12.1 Å². The first kappa shape index (κ1) is 7.29. The molecule has 0 N–H and O–H groups in total. The van der Waals surface area contributed by atoms with E-state index in [4.69, 9.17) is 11.6 Å². The predicted octanol–water partition coefficient (Wildman–Crippen LogP) is 2.58. The van der Waals surface area contributed by atoms with Crippen LogP contribution in [0.4, 0.5) is 0 Å². The maximum atomic E-state index is 5.61. The first-order chi connectivity index (χ1) is 4.83. The van der Waals surface area contributed by atoms with Crippen molar-refractivity contribution in [3.05, 3.63) is 42.0 Å². The third-order valence-electron chi connectivity index (χ3n) is 1.04. The third-order valence-corrected chi connectivity index (χ3v) is 1.26. The van der Waals surface area contributed by atoms with E-state index in [0.717, 1.165) is 5.69 Å². The molecule has 1 radical (unpaired) electrons. The molecular weight excluding hydrogens is 146 g/mol. The summed E-state index contributed by atoms with van der Waals surface area (Å²) in [5, 5.41) is 0.654. The fourth-order valence-electron chi connectivity index (χ4n) is 0.607. The Bertz CT molecular complexity index is 226. The Morgan fingerprint density at radius 3 is 2.80 bits per heavy atom. The van der Waals surface area contributed by atoms with Gasteiger partial charge in [0.05, 0.1) is 10.7 Å². The number of hydrogen-bond acceptors (Lipinski definition) is 1. The van der Waals surface area contributed by atoms with Crippen molar-refractivity contribution < 1.29 is 0 Å². The van der Waals surface area contributed by atoms with Gasteiger partial charge in [0.25, 0.3) is 0 Å². The van der Waals surface area contributed by atoms with Gasteiger partial charge in [-0.3, -0.25) is 4.98 Å². The topological polar surface area (TPSA) is 12.9 Å². The van der Waals surface area contributed by atoms with Crippen LogP contribution in [-0.4, -0.2) is 4.98 Å². The van der Waals surface area contributed by atoms with Gasteiger partial charge < -0.3 is 0 Å². The smallest absolute Gasteiger partial charge is 0.0627 e. The number of nitrogens with zero attached hydrogens (tertiary/aromatic N) is 1. The molecule has 1 aromatic rings. The highest BCUT2D eigenvalue weighted by molar-refractivity contribution is 6.30. The van der Waals surface area contributed by atoms with E-state index in [0.29, 0.717) is 5.02 Å². The largest absolute Gasteiger partial charge is 0.255 e. The maximum absolute atomic E-state index is 5.61. The van der Waals surface area contributed by atoms with Crippen LogP contribution in [0.15, 0.2) is 24.4 Å². The van der Waals surface area contributed by atoms with Gasteiger partial charge in [0.1, 0.15) is 0 Å². The van der Waals surface area contributed by atoms with Crippen LogP contribution in [0.5, 0.6) is 0 Å². The highest BCUT2D eigenvalue weighted by atomic mass is 35.5. The van der Waals surface area contributed by atoms with Crippen molar-refractivity contribution in [1.29, 1.82) is 0 Å². The molecule has 0 amide bonds. The predicted molar refractivity (Wildman–Crippen MR) is 43.6 cm³/mol. The monoisotopic (exact) mass is 152 g/mol. The van der Waals surface area contributed by atoms with Crippen LogP contribution < -0.4 is 0 Å². The van der Waals surface area contributed by atoms with Crippen LogP contribution in [0.3, 0.4) is 0 Å². The van der Waals surface area contributed by atoms with E-state index in [2.05, 4.69) is 11.9 Å². The molecule has 0 aliphatic rings. The molecule has 0 aliphatic heterocycles. The molecule has 0 aliphatic carbocycles. The first-order valence-electron chi connectivity index (χ1n) is 2.90. The molecule has 0 atom stereocenters. The van der Waals surface area contributed by atoms with Gasteiger partial charge in [-0.15, -0.1) is 0 Å². The average Bonchev–Trinajstić information content (AvgIpc) is 1.95. The van der Waals surface area contributed by atoms with Crippen molar-refractivity contribution in [3.8, 4) is 0 Å². The molecule has 10 heavy (non-hydrogen) atoms. The molecule has 0 unspecified atom stereocenters. The van der Waals surface area contributed by atoms with Gasteiger partial charge >= 0.3 is 0 Å². The van der Waals surface area contributed by atoms with Crippen LogP contribution in [0.25, 0.3) is 6.08 Å². The summed E-state index contributed by atoms with van der Waals surface area (Å²) in [5.41, 5.74) is 0.874. The lowest BCUT2D eigenvalue weighted by molar-refractivity contribution is 1.30. The zero-order chi connectivity index (χ0) is 7.40. The van der Waals surface area contributed by atoms with E-state index in [-0.39, 0.29) is 0 Å². The molecule has 51 valence electrons. The van der Waals surface area contributed by atoms with Gasteiger partial charge in [0.15, 0.2) is 0 Å². The number of hydrogen-bond donors (Lipinski definition) is 0. The minimum atomic E-state index is 0.654. The Kier molecular flexibility index (Phi) is 2.46. The average molecular weight is 153 g/mol. The van der Waals surface area contributed by atoms with Crippen LogP contribution >= 0.6 is 11.6 Å². The summed E-state index contributed by atoms with van der Waals surface area (Å²) in [6.45, 7) is 3.55. The summed E-state index contributed by atoms with van der Waals surface area (Å²) in [7, 11) is 0. The standard InChI is InChI=1S/C8H7ClN/c1-2-3-8-5-4-7(9)6-10-8/h2-6H,1H2/b3-2+. The van der Waals surface area contributed by atoms with Crippen molar-refractivity contribution >= 4 is 17.7 Å². The Balaban J connectivity index is 2.89. The van der Waals surface area contributed by atoms with E-state index in [9.17, 15) is 0 Å². The molecule has 0 saturated carbocycles. The zero-order valence-corrected chi connectivity index (χ0v) is 6.17. The molecule has 0 spiro atoms. The van der Waals surface area contributed by atoms with Crippen LogP contribution in [-0.2, 0) is 0 Å². The summed E-state index contributed by atoms with van der Waals surface area (Å²) in [6, 6.07) is 3.63. The molecule has 0 saturated heterocycles. The second kappa shape index (κ2) is 3.37. The lowest BCUT2D eigenvalue weighted by Gasteiger charge is -1.90. The molecule has 0 fully saturated rings. The molecule has 1 aromatic heterocycles. The Morgan fingerprint density at radius 2 is 2.30 bits per heavy atom. The normalized spacial score (nSPS) is 10.6. The number of pyridine rings is 1. The molecule has 0 aromatic carbocycles. The van der Waals surface area contributed by atoms with Gasteiger partial charge in [-0.1, -0.05) is 17.7 Å². The van der Waals surface area contributed by atoms with Crippen molar-refractivity contribution in [1.82, 2.24) is 4.98 Å². The summed E-state index contributed by atoms with van der Waals surface area (Å²) >= 11 is 5.61. The molecule has 1 nitrogen and oxygen atoms in total. The third kappa shape index (κ3) is 1.85. The SMILES string of the molecule is [CH2]/C=C/c1ccc(Cl)cn1. The quantitative estimate of drug-likeness (QED) is 0.603. The summed E-state index contributed by atoms with van der Waals surface area (Å²) in [6.07, 6.45) is 5.11. The highest BCUT2D eigenvalue weighted by Gasteiger charge is 1.86. The van der Waals surface area contributed by atoms with Gasteiger partial charge in [-0.05, 0) is 25.1 Å². The van der Waals surface area contributed by atoms with Crippen LogP contribution in [0.1, 0.15) is 5.69 Å². The van der Waals surface area contributed by atoms with Crippen LogP contribution in [0, 0.1) is 6.92 Å². The van der Waals surface area contributed by atoms with Crippen molar-refractivity contribution in [2.75, 3.05) is 0 Å².